The van der Waals surface area contributed by atoms with Crippen molar-refractivity contribution in [3.05, 3.63) is 34.4 Å². The summed E-state index contributed by atoms with van der Waals surface area (Å²) < 4.78 is 0. The van der Waals surface area contributed by atoms with E-state index in [0.29, 0.717) is 6.42 Å². The fourth-order valence-electron chi connectivity index (χ4n) is 2.44. The van der Waals surface area contributed by atoms with Gasteiger partial charge in [0, 0.05) is 0 Å². The zero-order valence-electron chi connectivity index (χ0n) is 12.6. The standard InChI is InChI=1S/C16H23NO3/c1-5-6-14(16(19)20)17-15(18)9-13-11(3)7-10(2)8-12(13)4/h7-8,14H,5-6,9H2,1-4H3,(H,17,18)(H,19,20). The molecule has 1 aromatic carbocycles. The van der Waals surface area contributed by atoms with Crippen LogP contribution in [0.1, 0.15) is 42.0 Å². The molecule has 4 heteroatoms. The number of hydrogen-bond acceptors (Lipinski definition) is 2. The minimum atomic E-state index is -0.974. The maximum atomic E-state index is 12.0. The molecule has 0 aliphatic rings. The third kappa shape index (κ3) is 4.37. The monoisotopic (exact) mass is 277 g/mol. The fourth-order valence-corrected chi connectivity index (χ4v) is 2.44. The summed E-state index contributed by atoms with van der Waals surface area (Å²) in [5.41, 5.74) is 4.28. The molecule has 0 aromatic heterocycles. The lowest BCUT2D eigenvalue weighted by Gasteiger charge is -2.15. The molecule has 110 valence electrons. The summed E-state index contributed by atoms with van der Waals surface area (Å²) in [5, 5.41) is 11.6. The maximum Gasteiger partial charge on any atom is 0.326 e. The van der Waals surface area contributed by atoms with E-state index < -0.39 is 12.0 Å². The van der Waals surface area contributed by atoms with E-state index in [1.165, 1.54) is 5.56 Å². The van der Waals surface area contributed by atoms with E-state index in [1.54, 1.807) is 0 Å². The van der Waals surface area contributed by atoms with Crippen LogP contribution < -0.4 is 5.32 Å². The van der Waals surface area contributed by atoms with Gasteiger partial charge in [-0.2, -0.15) is 0 Å². The molecule has 4 nitrogen and oxygen atoms in total. The van der Waals surface area contributed by atoms with E-state index in [9.17, 15) is 9.59 Å². The largest absolute Gasteiger partial charge is 0.480 e. The van der Waals surface area contributed by atoms with Crippen molar-refractivity contribution in [2.45, 2.75) is 53.0 Å². The topological polar surface area (TPSA) is 66.4 Å². The van der Waals surface area contributed by atoms with Gasteiger partial charge in [-0.25, -0.2) is 4.79 Å². The van der Waals surface area contributed by atoms with Crippen LogP contribution in [0.3, 0.4) is 0 Å². The molecule has 0 spiro atoms. The Hall–Kier alpha value is -1.84. The number of aliphatic carboxylic acids is 1. The van der Waals surface area contributed by atoms with Crippen LogP contribution in [0.2, 0.25) is 0 Å². The molecule has 0 aliphatic heterocycles. The van der Waals surface area contributed by atoms with E-state index >= 15 is 0 Å². The van der Waals surface area contributed by atoms with Gasteiger partial charge in [0.05, 0.1) is 6.42 Å². The van der Waals surface area contributed by atoms with Crippen LogP contribution >= 0.6 is 0 Å². The summed E-state index contributed by atoms with van der Waals surface area (Å²) in [6, 6.07) is 3.28. The molecule has 2 N–H and O–H groups in total. The quantitative estimate of drug-likeness (QED) is 0.839. The smallest absolute Gasteiger partial charge is 0.326 e. The predicted octanol–water partition coefficient (Wildman–Crippen LogP) is 2.52. The lowest BCUT2D eigenvalue weighted by atomic mass is 9.97. The average molecular weight is 277 g/mol. The first-order valence-corrected chi connectivity index (χ1v) is 6.94. The molecule has 0 bridgehead atoms. The molecule has 1 rings (SSSR count). The molecule has 0 fully saturated rings. The number of carbonyl (C=O) groups excluding carboxylic acids is 1. The molecule has 20 heavy (non-hydrogen) atoms. The van der Waals surface area contributed by atoms with Crippen molar-refractivity contribution in [1.82, 2.24) is 5.32 Å². The van der Waals surface area contributed by atoms with Crippen LogP contribution in [-0.4, -0.2) is 23.0 Å². The molecule has 0 saturated carbocycles. The summed E-state index contributed by atoms with van der Waals surface area (Å²) in [6.07, 6.45) is 1.40. The molecule has 0 aliphatic carbocycles. The first-order valence-electron chi connectivity index (χ1n) is 6.94. The van der Waals surface area contributed by atoms with Crippen LogP contribution in [0.4, 0.5) is 0 Å². The lowest BCUT2D eigenvalue weighted by molar-refractivity contribution is -0.141. The SMILES string of the molecule is CCCC(NC(=O)Cc1c(C)cc(C)cc1C)C(=O)O. The molecular weight excluding hydrogens is 254 g/mol. The Bertz CT molecular complexity index is 485. The van der Waals surface area contributed by atoms with Gasteiger partial charge in [0.25, 0.3) is 0 Å². The second kappa shape index (κ2) is 7.08. The van der Waals surface area contributed by atoms with Gasteiger partial charge in [0.2, 0.25) is 5.91 Å². The van der Waals surface area contributed by atoms with Gasteiger partial charge >= 0.3 is 5.97 Å². The predicted molar refractivity (Wildman–Crippen MR) is 78.8 cm³/mol. The Morgan fingerprint density at radius 1 is 1.20 bits per heavy atom. The van der Waals surface area contributed by atoms with E-state index in [-0.39, 0.29) is 12.3 Å². The van der Waals surface area contributed by atoms with Gasteiger partial charge < -0.3 is 10.4 Å². The highest BCUT2D eigenvalue weighted by Crippen LogP contribution is 2.17. The highest BCUT2D eigenvalue weighted by atomic mass is 16.4. The van der Waals surface area contributed by atoms with Gasteiger partial charge in [-0.05, 0) is 43.9 Å². The summed E-state index contributed by atoms with van der Waals surface area (Å²) in [7, 11) is 0. The number of aryl methyl sites for hydroxylation is 3. The summed E-state index contributed by atoms with van der Waals surface area (Å²) in [5.74, 6) is -1.21. The number of rotatable bonds is 6. The zero-order valence-corrected chi connectivity index (χ0v) is 12.6. The summed E-state index contributed by atoms with van der Waals surface area (Å²) in [4.78, 5) is 23.1. The van der Waals surface area contributed by atoms with Gasteiger partial charge in [-0.3, -0.25) is 4.79 Å². The van der Waals surface area contributed by atoms with E-state index in [0.717, 1.165) is 23.1 Å². The third-order valence-corrected chi connectivity index (χ3v) is 3.39. The number of carboxylic acids is 1. The number of carbonyl (C=O) groups is 2. The number of nitrogens with one attached hydrogen (secondary N) is 1. The van der Waals surface area contributed by atoms with Gasteiger partial charge in [-0.1, -0.05) is 31.0 Å². The Morgan fingerprint density at radius 3 is 2.20 bits per heavy atom. The normalized spacial score (nSPS) is 12.0. The average Bonchev–Trinajstić information content (AvgIpc) is 2.33. The zero-order chi connectivity index (χ0) is 15.3. The van der Waals surface area contributed by atoms with Crippen molar-refractivity contribution in [1.29, 1.82) is 0 Å². The molecule has 1 atom stereocenters. The number of benzene rings is 1. The fraction of sp³-hybridized carbons (Fsp3) is 0.500. The Labute approximate surface area is 120 Å². The highest BCUT2D eigenvalue weighted by molar-refractivity contribution is 5.85. The molecule has 0 radical (unpaired) electrons. The number of amides is 1. The molecule has 1 unspecified atom stereocenters. The van der Waals surface area contributed by atoms with Crippen molar-refractivity contribution >= 4 is 11.9 Å². The Balaban J connectivity index is 2.78. The van der Waals surface area contributed by atoms with Crippen molar-refractivity contribution < 1.29 is 14.7 Å². The van der Waals surface area contributed by atoms with Crippen molar-refractivity contribution in [2.24, 2.45) is 0 Å². The van der Waals surface area contributed by atoms with Gasteiger partial charge in [-0.15, -0.1) is 0 Å². The Kier molecular flexibility index (Phi) is 5.74. The Morgan fingerprint density at radius 2 is 1.75 bits per heavy atom. The van der Waals surface area contributed by atoms with Crippen molar-refractivity contribution in [2.75, 3.05) is 0 Å². The van der Waals surface area contributed by atoms with Crippen LogP contribution in [0.5, 0.6) is 0 Å². The van der Waals surface area contributed by atoms with Gasteiger partial charge in [0.1, 0.15) is 6.04 Å². The molecule has 0 heterocycles. The highest BCUT2D eigenvalue weighted by Gasteiger charge is 2.19. The van der Waals surface area contributed by atoms with Gasteiger partial charge in [0.15, 0.2) is 0 Å². The summed E-state index contributed by atoms with van der Waals surface area (Å²) in [6.45, 7) is 7.87. The van der Waals surface area contributed by atoms with Crippen LogP contribution in [0.25, 0.3) is 0 Å². The number of hydrogen-bond donors (Lipinski definition) is 2. The van der Waals surface area contributed by atoms with Crippen LogP contribution in [-0.2, 0) is 16.0 Å². The third-order valence-electron chi connectivity index (χ3n) is 3.39. The van der Waals surface area contributed by atoms with E-state index in [1.807, 2.05) is 39.8 Å². The van der Waals surface area contributed by atoms with E-state index in [4.69, 9.17) is 5.11 Å². The minimum absolute atomic E-state index is 0.228. The molecule has 1 aromatic rings. The molecular formula is C16H23NO3. The molecule has 1 amide bonds. The molecule has 0 saturated heterocycles. The second-order valence-corrected chi connectivity index (χ2v) is 5.30. The van der Waals surface area contributed by atoms with E-state index in [2.05, 4.69) is 5.32 Å². The maximum absolute atomic E-state index is 12.0. The summed E-state index contributed by atoms with van der Waals surface area (Å²) >= 11 is 0. The lowest BCUT2D eigenvalue weighted by Crippen LogP contribution is -2.41. The minimum Gasteiger partial charge on any atom is -0.480 e. The second-order valence-electron chi connectivity index (χ2n) is 5.30. The number of carboxylic acid groups (broad SMARTS) is 1. The van der Waals surface area contributed by atoms with Crippen LogP contribution in [0.15, 0.2) is 12.1 Å². The van der Waals surface area contributed by atoms with Crippen molar-refractivity contribution in [3.63, 3.8) is 0 Å². The van der Waals surface area contributed by atoms with Crippen LogP contribution in [0, 0.1) is 20.8 Å². The van der Waals surface area contributed by atoms with Crippen molar-refractivity contribution in [3.8, 4) is 0 Å². The first kappa shape index (κ1) is 16.2. The first-order chi connectivity index (χ1) is 9.35.